The summed E-state index contributed by atoms with van der Waals surface area (Å²) in [7, 11) is -3.18. The molecule has 1 amide bonds. The topological polar surface area (TPSA) is 75.3 Å². The summed E-state index contributed by atoms with van der Waals surface area (Å²) in [5.74, 6) is 0.451. The molecule has 0 spiro atoms. The van der Waals surface area contributed by atoms with E-state index in [0.29, 0.717) is 18.0 Å². The number of nitrogens with one attached hydrogen (secondary N) is 2. The molecular weight excluding hydrogens is 276 g/mol. The van der Waals surface area contributed by atoms with Gasteiger partial charge in [-0.3, -0.25) is 4.79 Å². The van der Waals surface area contributed by atoms with Crippen LogP contribution in [0.3, 0.4) is 0 Å². The van der Waals surface area contributed by atoms with Crippen molar-refractivity contribution < 1.29 is 13.2 Å². The number of sulfone groups is 1. The highest BCUT2D eigenvalue weighted by Crippen LogP contribution is 2.17. The van der Waals surface area contributed by atoms with Crippen LogP contribution in [0, 0.1) is 5.92 Å². The third-order valence-corrected chi connectivity index (χ3v) is 5.26. The lowest BCUT2D eigenvalue weighted by molar-refractivity contribution is -0.116. The van der Waals surface area contributed by atoms with Crippen LogP contribution in [0.2, 0.25) is 0 Å². The lowest BCUT2D eigenvalue weighted by atomic mass is 10.0. The number of amides is 1. The summed E-state index contributed by atoms with van der Waals surface area (Å²) < 4.78 is 23.3. The molecule has 1 aromatic carbocycles. The van der Waals surface area contributed by atoms with Crippen molar-refractivity contribution in [3.8, 4) is 0 Å². The average molecular weight is 296 g/mol. The van der Waals surface area contributed by atoms with Crippen molar-refractivity contribution in [1.29, 1.82) is 0 Å². The van der Waals surface area contributed by atoms with Crippen molar-refractivity contribution in [3.05, 3.63) is 24.3 Å². The van der Waals surface area contributed by atoms with E-state index in [1.807, 2.05) is 0 Å². The Kier molecular flexibility index (Phi) is 4.77. The van der Waals surface area contributed by atoms with Crippen LogP contribution in [-0.2, 0) is 14.6 Å². The standard InChI is InChI=1S/C14H20N2O3S/c1-2-20(18,19)13-5-3-12(4-6-13)16-14(17)9-11-7-8-15-10-11/h3-6,11,15H,2,7-10H2,1H3,(H,16,17). The lowest BCUT2D eigenvalue weighted by Gasteiger charge is -2.09. The summed E-state index contributed by atoms with van der Waals surface area (Å²) in [6.07, 6.45) is 1.53. The van der Waals surface area contributed by atoms with Gasteiger partial charge in [-0.25, -0.2) is 8.42 Å². The Balaban J connectivity index is 1.95. The van der Waals surface area contributed by atoms with Crippen LogP contribution >= 0.6 is 0 Å². The first-order valence-corrected chi connectivity index (χ1v) is 8.50. The zero-order valence-electron chi connectivity index (χ0n) is 11.6. The fourth-order valence-electron chi connectivity index (χ4n) is 2.28. The molecule has 5 nitrogen and oxygen atoms in total. The van der Waals surface area contributed by atoms with Gasteiger partial charge in [-0.05, 0) is 49.7 Å². The molecule has 1 fully saturated rings. The second-order valence-corrected chi connectivity index (χ2v) is 7.32. The Labute approximate surface area is 119 Å². The normalized spacial score (nSPS) is 18.9. The quantitative estimate of drug-likeness (QED) is 0.861. The molecule has 0 radical (unpaired) electrons. The number of rotatable bonds is 5. The maximum Gasteiger partial charge on any atom is 0.224 e. The van der Waals surface area contributed by atoms with Crippen LogP contribution in [0.1, 0.15) is 19.8 Å². The van der Waals surface area contributed by atoms with Crippen LogP contribution in [-0.4, -0.2) is 33.2 Å². The van der Waals surface area contributed by atoms with Gasteiger partial charge < -0.3 is 10.6 Å². The van der Waals surface area contributed by atoms with Gasteiger partial charge in [0.25, 0.3) is 0 Å². The van der Waals surface area contributed by atoms with Crippen LogP contribution in [0.4, 0.5) is 5.69 Å². The Morgan fingerprint density at radius 1 is 1.35 bits per heavy atom. The van der Waals surface area contributed by atoms with Crippen molar-refractivity contribution in [1.82, 2.24) is 5.32 Å². The van der Waals surface area contributed by atoms with Gasteiger partial charge in [0.15, 0.2) is 9.84 Å². The van der Waals surface area contributed by atoms with Crippen LogP contribution in [0.25, 0.3) is 0 Å². The minimum absolute atomic E-state index is 0.0233. The van der Waals surface area contributed by atoms with Gasteiger partial charge in [-0.2, -0.15) is 0 Å². The summed E-state index contributed by atoms with van der Waals surface area (Å²) in [6, 6.07) is 6.33. The maximum atomic E-state index is 11.8. The van der Waals surface area contributed by atoms with Crippen molar-refractivity contribution in [2.45, 2.75) is 24.7 Å². The van der Waals surface area contributed by atoms with E-state index < -0.39 is 9.84 Å². The van der Waals surface area contributed by atoms with Crippen molar-refractivity contribution in [2.75, 3.05) is 24.2 Å². The molecule has 2 N–H and O–H groups in total. The minimum Gasteiger partial charge on any atom is -0.326 e. The molecule has 0 aliphatic carbocycles. The summed E-state index contributed by atoms with van der Waals surface area (Å²) in [5, 5.41) is 6.03. The van der Waals surface area contributed by atoms with Gasteiger partial charge in [0, 0.05) is 12.1 Å². The fourth-order valence-corrected chi connectivity index (χ4v) is 3.16. The van der Waals surface area contributed by atoms with E-state index in [1.54, 1.807) is 19.1 Å². The molecule has 2 rings (SSSR count). The molecule has 1 aliphatic heterocycles. The average Bonchev–Trinajstić information content (AvgIpc) is 2.92. The van der Waals surface area contributed by atoms with E-state index in [9.17, 15) is 13.2 Å². The molecule has 0 bridgehead atoms. The third-order valence-electron chi connectivity index (χ3n) is 3.51. The Bertz CT molecular complexity index is 561. The van der Waals surface area contributed by atoms with Crippen molar-refractivity contribution in [3.63, 3.8) is 0 Å². The highest BCUT2D eigenvalue weighted by atomic mass is 32.2. The molecule has 20 heavy (non-hydrogen) atoms. The smallest absolute Gasteiger partial charge is 0.224 e. The van der Waals surface area contributed by atoms with E-state index in [-0.39, 0.29) is 16.6 Å². The summed E-state index contributed by atoms with van der Waals surface area (Å²) in [6.45, 7) is 3.48. The number of carbonyl (C=O) groups is 1. The van der Waals surface area contributed by atoms with Crippen LogP contribution in [0.5, 0.6) is 0 Å². The summed E-state index contributed by atoms with van der Waals surface area (Å²) in [5.41, 5.74) is 0.635. The number of hydrogen-bond acceptors (Lipinski definition) is 4. The molecule has 0 aromatic heterocycles. The lowest BCUT2D eigenvalue weighted by Crippen LogP contribution is -2.18. The fraction of sp³-hybridized carbons (Fsp3) is 0.500. The van der Waals surface area contributed by atoms with Crippen LogP contribution in [0.15, 0.2) is 29.2 Å². The first kappa shape index (κ1) is 15.0. The minimum atomic E-state index is -3.18. The first-order chi connectivity index (χ1) is 9.51. The number of anilines is 1. The van der Waals surface area contributed by atoms with E-state index in [4.69, 9.17) is 0 Å². The zero-order valence-corrected chi connectivity index (χ0v) is 12.4. The maximum absolute atomic E-state index is 11.8. The number of hydrogen-bond donors (Lipinski definition) is 2. The largest absolute Gasteiger partial charge is 0.326 e. The molecule has 6 heteroatoms. The predicted octanol–water partition coefficient (Wildman–Crippen LogP) is 1.42. The highest BCUT2D eigenvalue weighted by Gasteiger charge is 2.18. The number of carbonyl (C=O) groups excluding carboxylic acids is 1. The van der Waals surface area contributed by atoms with Gasteiger partial charge in [0.1, 0.15) is 0 Å². The molecule has 1 heterocycles. The van der Waals surface area contributed by atoms with Crippen molar-refractivity contribution in [2.24, 2.45) is 5.92 Å². The van der Waals surface area contributed by atoms with E-state index in [2.05, 4.69) is 10.6 Å². The predicted molar refractivity (Wildman–Crippen MR) is 78.4 cm³/mol. The molecule has 1 saturated heterocycles. The Morgan fingerprint density at radius 2 is 2.05 bits per heavy atom. The summed E-state index contributed by atoms with van der Waals surface area (Å²) >= 11 is 0. The molecule has 0 saturated carbocycles. The highest BCUT2D eigenvalue weighted by molar-refractivity contribution is 7.91. The third kappa shape index (κ3) is 3.80. The zero-order chi connectivity index (χ0) is 14.6. The first-order valence-electron chi connectivity index (χ1n) is 6.84. The molecule has 1 aliphatic rings. The monoisotopic (exact) mass is 296 g/mol. The van der Waals surface area contributed by atoms with Gasteiger partial charge in [-0.15, -0.1) is 0 Å². The SMILES string of the molecule is CCS(=O)(=O)c1ccc(NC(=O)CC2CCNC2)cc1. The van der Waals surface area contributed by atoms with Gasteiger partial charge in [0.05, 0.1) is 10.6 Å². The van der Waals surface area contributed by atoms with E-state index in [0.717, 1.165) is 19.5 Å². The Hall–Kier alpha value is -1.40. The van der Waals surface area contributed by atoms with E-state index >= 15 is 0 Å². The van der Waals surface area contributed by atoms with Gasteiger partial charge in [-0.1, -0.05) is 6.92 Å². The van der Waals surface area contributed by atoms with Gasteiger partial charge >= 0.3 is 0 Å². The Morgan fingerprint density at radius 3 is 2.60 bits per heavy atom. The van der Waals surface area contributed by atoms with Gasteiger partial charge in [0.2, 0.25) is 5.91 Å². The molecular formula is C14H20N2O3S. The number of benzene rings is 1. The summed E-state index contributed by atoms with van der Waals surface area (Å²) in [4.78, 5) is 12.1. The van der Waals surface area contributed by atoms with E-state index in [1.165, 1.54) is 12.1 Å². The van der Waals surface area contributed by atoms with Crippen molar-refractivity contribution >= 4 is 21.4 Å². The molecule has 1 aromatic rings. The second-order valence-electron chi connectivity index (χ2n) is 5.04. The van der Waals surface area contributed by atoms with Crippen LogP contribution < -0.4 is 10.6 Å². The molecule has 110 valence electrons. The molecule has 1 atom stereocenters. The second kappa shape index (κ2) is 6.37. The molecule has 1 unspecified atom stereocenters.